The average Bonchev–Trinajstić information content (AvgIpc) is 3.66. The van der Waals surface area contributed by atoms with E-state index < -0.39 is 0 Å². The van der Waals surface area contributed by atoms with Gasteiger partial charge in [0.15, 0.2) is 0 Å². The van der Waals surface area contributed by atoms with Crippen LogP contribution in [0.1, 0.15) is 0 Å². The Balaban J connectivity index is 1.04. The second-order valence-corrected chi connectivity index (χ2v) is 13.7. The maximum atomic E-state index is 6.45. The number of rotatable bonds is 7. The van der Waals surface area contributed by atoms with Crippen LogP contribution >= 0.6 is 0 Å². The third-order valence-electron chi connectivity index (χ3n) is 10.2. The Bertz CT molecular complexity index is 2900. The number of benzene rings is 8. The van der Waals surface area contributed by atoms with E-state index in [0.29, 0.717) is 5.82 Å². The molecule has 4 nitrogen and oxygen atoms in total. The molecule has 0 amide bonds. The second kappa shape index (κ2) is 13.8. The first-order valence-electron chi connectivity index (χ1n) is 18.5. The van der Waals surface area contributed by atoms with Gasteiger partial charge in [-0.15, -0.1) is 0 Å². The van der Waals surface area contributed by atoms with Crippen LogP contribution in [0.25, 0.3) is 101 Å². The Labute approximate surface area is 319 Å². The molecule has 0 aliphatic heterocycles. The fourth-order valence-electron chi connectivity index (χ4n) is 7.51. The average molecular weight is 705 g/mol. The van der Waals surface area contributed by atoms with E-state index in [9.17, 15) is 0 Å². The fraction of sp³-hybridized carbons (Fsp3) is 0. The summed E-state index contributed by atoms with van der Waals surface area (Å²) in [6.45, 7) is 0. The van der Waals surface area contributed by atoms with Gasteiger partial charge >= 0.3 is 5.82 Å². The van der Waals surface area contributed by atoms with Gasteiger partial charge in [-0.2, -0.15) is 0 Å². The molecular weight excluding hydrogens is 671 g/mol. The number of fused-ring (bicyclic) bond motifs is 3. The lowest BCUT2D eigenvalue weighted by molar-refractivity contribution is -0.359. The van der Waals surface area contributed by atoms with E-state index in [-0.39, 0.29) is 0 Å². The highest BCUT2D eigenvalue weighted by Crippen LogP contribution is 2.39. The third kappa shape index (κ3) is 6.16. The lowest BCUT2D eigenvalue weighted by atomic mass is 9.91. The van der Waals surface area contributed by atoms with E-state index in [4.69, 9.17) is 14.4 Å². The first-order chi connectivity index (χ1) is 27.2. The molecule has 0 saturated carbocycles. The molecule has 0 fully saturated rings. The summed E-state index contributed by atoms with van der Waals surface area (Å²) in [5, 5.41) is 2.04. The van der Waals surface area contributed by atoms with E-state index in [2.05, 4.69) is 145 Å². The van der Waals surface area contributed by atoms with Crippen molar-refractivity contribution in [2.45, 2.75) is 0 Å². The van der Waals surface area contributed by atoms with Crippen LogP contribution in [0.3, 0.4) is 0 Å². The molecular formula is C51H34N3O+. The molecule has 4 heteroatoms. The highest BCUT2D eigenvalue weighted by atomic mass is 16.3. The summed E-state index contributed by atoms with van der Waals surface area (Å²) in [7, 11) is 0. The summed E-state index contributed by atoms with van der Waals surface area (Å²) in [6, 6.07) is 69.8. The fourth-order valence-corrected chi connectivity index (χ4v) is 7.51. The smallest absolute Gasteiger partial charge is 0.308 e. The number of nitrogens with one attached hydrogen (secondary N) is 1. The summed E-state index contributed by atoms with van der Waals surface area (Å²) >= 11 is 0. The van der Waals surface area contributed by atoms with E-state index >= 15 is 0 Å². The zero-order valence-corrected chi connectivity index (χ0v) is 29.9. The molecule has 2 heterocycles. The zero-order valence-electron chi connectivity index (χ0n) is 29.9. The predicted molar refractivity (Wildman–Crippen MR) is 224 cm³/mol. The Morgan fingerprint density at radius 1 is 0.327 bits per heavy atom. The molecule has 258 valence electrons. The van der Waals surface area contributed by atoms with E-state index in [1.165, 1.54) is 33.4 Å². The van der Waals surface area contributed by atoms with Crippen molar-refractivity contribution < 1.29 is 9.40 Å². The number of aromatic amines is 1. The van der Waals surface area contributed by atoms with Crippen LogP contribution in [0.5, 0.6) is 0 Å². The van der Waals surface area contributed by atoms with Crippen molar-refractivity contribution in [2.24, 2.45) is 0 Å². The van der Waals surface area contributed by atoms with Crippen molar-refractivity contribution in [1.82, 2.24) is 9.97 Å². The van der Waals surface area contributed by atoms with Crippen molar-refractivity contribution in [1.29, 1.82) is 0 Å². The molecule has 10 rings (SSSR count). The second-order valence-electron chi connectivity index (χ2n) is 13.7. The van der Waals surface area contributed by atoms with Crippen molar-refractivity contribution >= 4 is 21.9 Å². The Hall–Kier alpha value is -7.43. The zero-order chi connectivity index (χ0) is 36.6. The van der Waals surface area contributed by atoms with Gasteiger partial charge < -0.3 is 4.42 Å². The minimum absolute atomic E-state index is 0.657. The number of aromatic nitrogens is 3. The van der Waals surface area contributed by atoms with Gasteiger partial charge in [0.05, 0.1) is 16.7 Å². The van der Waals surface area contributed by atoms with Gasteiger partial charge in [-0.3, -0.25) is 0 Å². The number of nitrogens with zero attached hydrogens (tertiary/aromatic N) is 2. The predicted octanol–water partition coefficient (Wildman–Crippen LogP) is 12.9. The van der Waals surface area contributed by atoms with E-state index in [1.807, 2.05) is 60.7 Å². The molecule has 55 heavy (non-hydrogen) atoms. The summed E-state index contributed by atoms with van der Waals surface area (Å²) in [4.78, 5) is 13.6. The minimum Gasteiger partial charge on any atom is -0.456 e. The monoisotopic (exact) mass is 704 g/mol. The first-order valence-corrected chi connectivity index (χ1v) is 18.5. The maximum Gasteiger partial charge on any atom is 0.308 e. The van der Waals surface area contributed by atoms with Crippen LogP contribution < -0.4 is 4.98 Å². The number of furan rings is 1. The SMILES string of the molecule is c1ccc(-c2cccc(-c3ccccc3-c3ccc(-c4ccc5oc6cccc(-c7nc(-c8ccccc8)nc(-c8ccccc8)[nH+]7)c6c5c4)cc3)c2)cc1. The summed E-state index contributed by atoms with van der Waals surface area (Å²) in [5.74, 6) is 2.13. The van der Waals surface area contributed by atoms with Crippen LogP contribution in [-0.2, 0) is 0 Å². The Morgan fingerprint density at radius 2 is 0.836 bits per heavy atom. The molecule has 0 aliphatic carbocycles. The number of hydrogen-bond donors (Lipinski definition) is 0. The third-order valence-corrected chi connectivity index (χ3v) is 10.2. The van der Waals surface area contributed by atoms with Gasteiger partial charge in [-0.05, 0) is 99.1 Å². The van der Waals surface area contributed by atoms with Crippen LogP contribution in [0.15, 0.2) is 205 Å². The summed E-state index contributed by atoms with van der Waals surface area (Å²) in [5.41, 5.74) is 14.0. The normalized spacial score (nSPS) is 11.3. The van der Waals surface area contributed by atoms with Gasteiger partial charge in [0.25, 0.3) is 11.6 Å². The molecule has 1 N–H and O–H groups in total. The number of H-pyrrole nitrogens is 1. The molecule has 0 spiro atoms. The Morgan fingerprint density at radius 3 is 1.58 bits per heavy atom. The largest absolute Gasteiger partial charge is 0.456 e. The van der Waals surface area contributed by atoms with Crippen LogP contribution in [0.4, 0.5) is 0 Å². The standard InChI is InChI=1S/C51H33N3O/c1-4-14-34(15-5-1)39-20-12-21-41(32-39)43-23-11-10-22-42(43)36-28-26-35(27-29-36)40-30-31-46-45(33-40)48-44(24-13-25-47(48)55-46)51-53-49(37-16-6-2-7-17-37)52-50(54-51)38-18-8-3-9-19-38/h1-33H/p+1. The molecule has 0 saturated heterocycles. The lowest BCUT2D eigenvalue weighted by Crippen LogP contribution is -2.17. The van der Waals surface area contributed by atoms with Gasteiger partial charge in [-0.25, -0.2) is 4.98 Å². The van der Waals surface area contributed by atoms with Crippen molar-refractivity contribution in [3.63, 3.8) is 0 Å². The van der Waals surface area contributed by atoms with Gasteiger partial charge in [-0.1, -0.05) is 156 Å². The minimum atomic E-state index is 0.657. The molecule has 0 unspecified atom stereocenters. The van der Waals surface area contributed by atoms with Crippen molar-refractivity contribution in [3.8, 4) is 78.7 Å². The van der Waals surface area contributed by atoms with Crippen molar-refractivity contribution in [2.75, 3.05) is 0 Å². The first kappa shape index (κ1) is 32.2. The highest BCUT2D eigenvalue weighted by Gasteiger charge is 2.23. The lowest BCUT2D eigenvalue weighted by Gasteiger charge is -2.12. The molecule has 0 atom stereocenters. The Kier molecular flexibility index (Phi) is 8.12. The quantitative estimate of drug-likeness (QED) is 0.166. The van der Waals surface area contributed by atoms with E-state index in [0.717, 1.165) is 61.4 Å². The molecule has 10 aromatic rings. The van der Waals surface area contributed by atoms with Crippen LogP contribution in [-0.4, -0.2) is 9.97 Å². The molecule has 2 aromatic heterocycles. The highest BCUT2D eigenvalue weighted by molar-refractivity contribution is 6.12. The maximum absolute atomic E-state index is 6.45. The molecule has 0 aliphatic rings. The molecule has 0 bridgehead atoms. The number of hydrogen-bond acceptors (Lipinski definition) is 3. The van der Waals surface area contributed by atoms with Gasteiger partial charge in [0.1, 0.15) is 11.2 Å². The summed E-state index contributed by atoms with van der Waals surface area (Å²) in [6.07, 6.45) is 0. The molecule has 8 aromatic carbocycles. The van der Waals surface area contributed by atoms with Gasteiger partial charge in [0, 0.05) is 10.8 Å². The topological polar surface area (TPSA) is 53.1 Å². The van der Waals surface area contributed by atoms with Crippen LogP contribution in [0.2, 0.25) is 0 Å². The molecule has 0 radical (unpaired) electrons. The summed E-state index contributed by atoms with van der Waals surface area (Å²) < 4.78 is 6.45. The van der Waals surface area contributed by atoms with E-state index in [1.54, 1.807) is 0 Å². The van der Waals surface area contributed by atoms with Gasteiger partial charge in [0.2, 0.25) is 0 Å². The van der Waals surface area contributed by atoms with Crippen LogP contribution in [0, 0.1) is 0 Å². The van der Waals surface area contributed by atoms with Crippen molar-refractivity contribution in [3.05, 3.63) is 200 Å².